The van der Waals surface area contributed by atoms with Crippen molar-refractivity contribution >= 4 is 11.6 Å². The summed E-state index contributed by atoms with van der Waals surface area (Å²) in [5.74, 6) is 0.751. The van der Waals surface area contributed by atoms with Gasteiger partial charge in [-0.2, -0.15) is 0 Å². The molecule has 2 N–H and O–H groups in total. The van der Waals surface area contributed by atoms with Gasteiger partial charge in [-0.15, -0.1) is 0 Å². The smallest absolute Gasteiger partial charge is 0.122 e. The van der Waals surface area contributed by atoms with Crippen LogP contribution in [-0.2, 0) is 6.54 Å². The maximum Gasteiger partial charge on any atom is 0.122 e. The summed E-state index contributed by atoms with van der Waals surface area (Å²) in [6.07, 6.45) is -0.552. The molecule has 0 spiro atoms. The molecule has 0 saturated carbocycles. The minimum absolute atomic E-state index is 0.254. The number of rotatable bonds is 7. The van der Waals surface area contributed by atoms with Crippen LogP contribution in [0.25, 0.3) is 0 Å². The number of benzene rings is 2. The second-order valence-electron chi connectivity index (χ2n) is 4.99. The highest BCUT2D eigenvalue weighted by Crippen LogP contribution is 2.21. The number of aliphatic hydroxyl groups excluding tert-OH is 1. The summed E-state index contributed by atoms with van der Waals surface area (Å²) >= 11 is 5.89. The first-order valence-corrected chi connectivity index (χ1v) is 7.34. The van der Waals surface area contributed by atoms with E-state index in [4.69, 9.17) is 16.3 Å². The zero-order valence-corrected chi connectivity index (χ0v) is 12.8. The average molecular weight is 306 g/mol. The van der Waals surface area contributed by atoms with Crippen molar-refractivity contribution in [1.82, 2.24) is 5.32 Å². The first-order valence-electron chi connectivity index (χ1n) is 6.97. The molecule has 0 heterocycles. The van der Waals surface area contributed by atoms with Crippen LogP contribution in [-0.4, -0.2) is 24.4 Å². The molecule has 21 heavy (non-hydrogen) atoms. The van der Waals surface area contributed by atoms with Crippen molar-refractivity contribution in [3.63, 3.8) is 0 Å². The van der Waals surface area contributed by atoms with E-state index >= 15 is 0 Å². The zero-order chi connectivity index (χ0) is 15.1. The van der Waals surface area contributed by atoms with Gasteiger partial charge in [-0.1, -0.05) is 41.9 Å². The van der Waals surface area contributed by atoms with E-state index in [1.54, 1.807) is 6.07 Å². The molecule has 0 bridgehead atoms. The molecule has 0 fully saturated rings. The highest BCUT2D eigenvalue weighted by molar-refractivity contribution is 6.30. The molecule has 2 aromatic carbocycles. The van der Waals surface area contributed by atoms with Crippen molar-refractivity contribution in [2.75, 3.05) is 13.2 Å². The van der Waals surface area contributed by atoms with Crippen LogP contribution >= 0.6 is 11.6 Å². The van der Waals surface area contributed by atoms with Crippen LogP contribution < -0.4 is 10.1 Å². The van der Waals surface area contributed by atoms with Gasteiger partial charge in [-0.05, 0) is 36.2 Å². The van der Waals surface area contributed by atoms with Crippen LogP contribution in [0.5, 0.6) is 5.75 Å². The average Bonchev–Trinajstić information content (AvgIpc) is 2.47. The lowest BCUT2D eigenvalue weighted by Crippen LogP contribution is -2.31. The molecule has 0 amide bonds. The molecule has 4 heteroatoms. The molecule has 0 aromatic heterocycles. The minimum atomic E-state index is -0.552. The third kappa shape index (κ3) is 5.38. The molecule has 1 atom stereocenters. The van der Waals surface area contributed by atoms with Crippen molar-refractivity contribution < 1.29 is 9.84 Å². The molecule has 0 radical (unpaired) electrons. The fraction of sp³-hybridized carbons (Fsp3) is 0.294. The van der Waals surface area contributed by atoms with Crippen LogP contribution in [0.1, 0.15) is 11.1 Å². The fourth-order valence-corrected chi connectivity index (χ4v) is 2.23. The Hall–Kier alpha value is -1.55. The SMILES string of the molecule is Cc1cc(Cl)ccc1OCC(O)CNCc1ccccc1. The summed E-state index contributed by atoms with van der Waals surface area (Å²) in [5, 5.41) is 13.8. The quantitative estimate of drug-likeness (QED) is 0.825. The highest BCUT2D eigenvalue weighted by Gasteiger charge is 2.06. The Labute approximate surface area is 130 Å². The third-order valence-corrected chi connectivity index (χ3v) is 3.36. The van der Waals surface area contributed by atoms with Gasteiger partial charge in [0.2, 0.25) is 0 Å². The van der Waals surface area contributed by atoms with E-state index in [9.17, 15) is 5.11 Å². The maximum atomic E-state index is 9.92. The first-order chi connectivity index (χ1) is 10.1. The minimum Gasteiger partial charge on any atom is -0.491 e. The van der Waals surface area contributed by atoms with Gasteiger partial charge in [0, 0.05) is 18.1 Å². The topological polar surface area (TPSA) is 41.5 Å². The van der Waals surface area contributed by atoms with Crippen molar-refractivity contribution in [2.24, 2.45) is 0 Å². The second kappa shape index (κ2) is 8.03. The largest absolute Gasteiger partial charge is 0.491 e. The van der Waals surface area contributed by atoms with Crippen molar-refractivity contribution in [2.45, 2.75) is 19.6 Å². The van der Waals surface area contributed by atoms with Gasteiger partial charge in [0.25, 0.3) is 0 Å². The Balaban J connectivity index is 1.71. The van der Waals surface area contributed by atoms with Crippen molar-refractivity contribution in [3.8, 4) is 5.75 Å². The van der Waals surface area contributed by atoms with Gasteiger partial charge in [0.1, 0.15) is 18.5 Å². The molecule has 2 rings (SSSR count). The molecular weight excluding hydrogens is 286 g/mol. The van der Waals surface area contributed by atoms with E-state index in [0.29, 0.717) is 11.6 Å². The van der Waals surface area contributed by atoms with Gasteiger partial charge in [0.15, 0.2) is 0 Å². The molecular formula is C17H20ClNO2. The Bertz CT molecular complexity index is 560. The van der Waals surface area contributed by atoms with Gasteiger partial charge in [0.05, 0.1) is 0 Å². The summed E-state index contributed by atoms with van der Waals surface area (Å²) in [7, 11) is 0. The number of nitrogens with one attached hydrogen (secondary N) is 1. The standard InChI is InChI=1S/C17H20ClNO2/c1-13-9-15(18)7-8-17(13)21-12-16(20)11-19-10-14-5-3-2-4-6-14/h2-9,16,19-20H,10-12H2,1H3. The lowest BCUT2D eigenvalue weighted by atomic mass is 10.2. The Morgan fingerprint density at radius 1 is 1.19 bits per heavy atom. The fourth-order valence-electron chi connectivity index (χ4n) is 2.00. The molecule has 0 aliphatic rings. The van der Waals surface area contributed by atoms with E-state index in [0.717, 1.165) is 17.9 Å². The van der Waals surface area contributed by atoms with Gasteiger partial charge in [-0.25, -0.2) is 0 Å². The van der Waals surface area contributed by atoms with E-state index in [1.165, 1.54) is 5.56 Å². The van der Waals surface area contributed by atoms with Crippen molar-refractivity contribution in [3.05, 3.63) is 64.7 Å². The monoisotopic (exact) mass is 305 g/mol. The normalized spacial score (nSPS) is 12.1. The van der Waals surface area contributed by atoms with Crippen LogP contribution in [0, 0.1) is 6.92 Å². The summed E-state index contributed by atoms with van der Waals surface area (Å²) in [6.45, 7) is 3.41. The van der Waals surface area contributed by atoms with E-state index in [1.807, 2.05) is 49.4 Å². The molecule has 0 aliphatic carbocycles. The highest BCUT2D eigenvalue weighted by atomic mass is 35.5. The maximum absolute atomic E-state index is 9.92. The van der Waals surface area contributed by atoms with Crippen LogP contribution in [0.2, 0.25) is 5.02 Å². The summed E-state index contributed by atoms with van der Waals surface area (Å²) in [6, 6.07) is 15.5. The summed E-state index contributed by atoms with van der Waals surface area (Å²) in [4.78, 5) is 0. The lowest BCUT2D eigenvalue weighted by Gasteiger charge is -2.14. The van der Waals surface area contributed by atoms with Gasteiger partial charge >= 0.3 is 0 Å². The van der Waals surface area contributed by atoms with Crippen LogP contribution in [0.15, 0.2) is 48.5 Å². The molecule has 112 valence electrons. The molecule has 2 aromatic rings. The predicted molar refractivity (Wildman–Crippen MR) is 85.8 cm³/mol. The number of halogens is 1. The summed E-state index contributed by atoms with van der Waals surface area (Å²) in [5.41, 5.74) is 2.16. The number of hydrogen-bond acceptors (Lipinski definition) is 3. The second-order valence-corrected chi connectivity index (χ2v) is 5.43. The molecule has 1 unspecified atom stereocenters. The lowest BCUT2D eigenvalue weighted by molar-refractivity contribution is 0.106. The number of hydrogen-bond donors (Lipinski definition) is 2. The Morgan fingerprint density at radius 3 is 2.67 bits per heavy atom. The van der Waals surface area contributed by atoms with Gasteiger partial charge < -0.3 is 15.2 Å². The van der Waals surface area contributed by atoms with Crippen molar-refractivity contribution in [1.29, 1.82) is 0 Å². The van der Waals surface area contributed by atoms with Crippen LogP contribution in [0.4, 0.5) is 0 Å². The predicted octanol–water partition coefficient (Wildman–Crippen LogP) is 3.18. The van der Waals surface area contributed by atoms with E-state index < -0.39 is 6.10 Å². The van der Waals surface area contributed by atoms with Gasteiger partial charge in [-0.3, -0.25) is 0 Å². The Kier molecular flexibility index (Phi) is 6.05. The number of aryl methyl sites for hydroxylation is 1. The van der Waals surface area contributed by atoms with Crippen LogP contribution in [0.3, 0.4) is 0 Å². The van der Waals surface area contributed by atoms with E-state index in [2.05, 4.69) is 5.32 Å². The Morgan fingerprint density at radius 2 is 1.95 bits per heavy atom. The third-order valence-electron chi connectivity index (χ3n) is 3.12. The molecule has 0 aliphatic heterocycles. The number of aliphatic hydroxyl groups is 1. The zero-order valence-electron chi connectivity index (χ0n) is 12.1. The molecule has 3 nitrogen and oxygen atoms in total. The molecule has 0 saturated heterocycles. The first kappa shape index (κ1) is 15.8. The number of ether oxygens (including phenoxy) is 1. The summed E-state index contributed by atoms with van der Waals surface area (Å²) < 4.78 is 5.61. The van der Waals surface area contributed by atoms with E-state index in [-0.39, 0.29) is 6.61 Å².